The molecule has 1 aromatic carbocycles. The highest BCUT2D eigenvalue weighted by molar-refractivity contribution is 5.90. The van der Waals surface area contributed by atoms with E-state index in [4.69, 9.17) is 0 Å². The van der Waals surface area contributed by atoms with E-state index in [2.05, 4.69) is 20.5 Å². The maximum Gasteiger partial charge on any atom is 0.291 e. The highest BCUT2D eigenvalue weighted by Crippen LogP contribution is 2.18. The van der Waals surface area contributed by atoms with E-state index < -0.39 is 0 Å². The topological polar surface area (TPSA) is 77.6 Å². The second-order valence-electron chi connectivity index (χ2n) is 6.04. The first kappa shape index (κ1) is 16.8. The van der Waals surface area contributed by atoms with Crippen molar-refractivity contribution < 1.29 is 9.18 Å². The van der Waals surface area contributed by atoms with Crippen LogP contribution in [0, 0.1) is 5.82 Å². The molecule has 2 aromatic heterocycles. The summed E-state index contributed by atoms with van der Waals surface area (Å²) in [4.78, 5) is 16.7. The van der Waals surface area contributed by atoms with Gasteiger partial charge in [-0.3, -0.25) is 9.48 Å². The average molecular weight is 342 g/mol. The third kappa shape index (κ3) is 3.73. The van der Waals surface area contributed by atoms with Crippen molar-refractivity contribution in [2.45, 2.75) is 26.3 Å². The monoisotopic (exact) mass is 342 g/mol. The van der Waals surface area contributed by atoms with Gasteiger partial charge in [0.25, 0.3) is 5.91 Å². The second-order valence-corrected chi connectivity index (χ2v) is 6.04. The summed E-state index contributed by atoms with van der Waals surface area (Å²) in [5.41, 5.74) is 1.41. The fourth-order valence-electron chi connectivity index (χ4n) is 2.42. The lowest BCUT2D eigenvalue weighted by Crippen LogP contribution is -2.24. The SMILES string of the molecule is CC(C)c1nc(C(=O)NCc2cnn(C)c2)nn1-c1cccc(F)c1. The van der Waals surface area contributed by atoms with E-state index >= 15 is 0 Å². The van der Waals surface area contributed by atoms with Gasteiger partial charge in [0.2, 0.25) is 5.82 Å². The Bertz CT molecular complexity index is 898. The van der Waals surface area contributed by atoms with Crippen LogP contribution < -0.4 is 5.32 Å². The largest absolute Gasteiger partial charge is 0.345 e. The lowest BCUT2D eigenvalue weighted by molar-refractivity contribution is 0.0940. The van der Waals surface area contributed by atoms with E-state index in [1.165, 1.54) is 16.8 Å². The normalized spacial score (nSPS) is 11.1. The Morgan fingerprint density at radius 3 is 2.80 bits per heavy atom. The van der Waals surface area contributed by atoms with Crippen LogP contribution >= 0.6 is 0 Å². The Morgan fingerprint density at radius 2 is 2.16 bits per heavy atom. The van der Waals surface area contributed by atoms with Gasteiger partial charge < -0.3 is 5.32 Å². The molecule has 0 saturated heterocycles. The zero-order chi connectivity index (χ0) is 18.0. The predicted molar refractivity (Wildman–Crippen MR) is 89.8 cm³/mol. The van der Waals surface area contributed by atoms with Crippen LogP contribution in [0.25, 0.3) is 5.69 Å². The average Bonchev–Trinajstić information content (AvgIpc) is 3.19. The molecule has 0 saturated carbocycles. The number of aryl methyl sites for hydroxylation is 1. The van der Waals surface area contributed by atoms with Crippen LogP contribution in [0.1, 0.15) is 41.8 Å². The Hall–Kier alpha value is -3.03. The number of amides is 1. The van der Waals surface area contributed by atoms with Crippen LogP contribution in [0.3, 0.4) is 0 Å². The standard InChI is InChI=1S/C17H19FN6O/c1-11(2)16-21-15(17(25)19-8-12-9-20-23(3)10-12)22-24(16)14-6-4-5-13(18)7-14/h4-7,9-11H,8H2,1-3H3,(H,19,25). The number of nitrogens with zero attached hydrogens (tertiary/aromatic N) is 5. The zero-order valence-corrected chi connectivity index (χ0v) is 14.3. The molecule has 3 aromatic rings. The molecule has 0 aliphatic rings. The molecule has 2 heterocycles. The van der Waals surface area contributed by atoms with Crippen molar-refractivity contribution in [1.29, 1.82) is 0 Å². The highest BCUT2D eigenvalue weighted by Gasteiger charge is 2.19. The molecule has 0 radical (unpaired) electrons. The van der Waals surface area contributed by atoms with Gasteiger partial charge in [-0.2, -0.15) is 5.10 Å². The fraction of sp³-hybridized carbons (Fsp3) is 0.294. The van der Waals surface area contributed by atoms with Crippen LogP contribution in [0.5, 0.6) is 0 Å². The van der Waals surface area contributed by atoms with Crippen molar-refractivity contribution in [2.24, 2.45) is 7.05 Å². The second kappa shape index (κ2) is 6.84. The van der Waals surface area contributed by atoms with E-state index in [0.717, 1.165) is 5.56 Å². The summed E-state index contributed by atoms with van der Waals surface area (Å²) in [6, 6.07) is 6.04. The summed E-state index contributed by atoms with van der Waals surface area (Å²) in [5.74, 6) is -0.0872. The molecule has 0 aliphatic carbocycles. The van der Waals surface area contributed by atoms with Crippen molar-refractivity contribution in [2.75, 3.05) is 0 Å². The zero-order valence-electron chi connectivity index (χ0n) is 14.3. The number of aromatic nitrogens is 5. The Morgan fingerprint density at radius 1 is 1.36 bits per heavy atom. The van der Waals surface area contributed by atoms with Gasteiger partial charge in [-0.05, 0) is 18.2 Å². The molecule has 130 valence electrons. The lowest BCUT2D eigenvalue weighted by Gasteiger charge is -2.07. The van der Waals surface area contributed by atoms with E-state index in [-0.39, 0.29) is 23.5 Å². The molecule has 0 aliphatic heterocycles. The molecule has 0 spiro atoms. The first-order chi connectivity index (χ1) is 11.9. The summed E-state index contributed by atoms with van der Waals surface area (Å²) in [5, 5.41) is 11.1. The van der Waals surface area contributed by atoms with E-state index in [0.29, 0.717) is 18.1 Å². The van der Waals surface area contributed by atoms with Gasteiger partial charge >= 0.3 is 0 Å². The van der Waals surface area contributed by atoms with Crippen LogP contribution in [0.2, 0.25) is 0 Å². The molecule has 1 N–H and O–H groups in total. The first-order valence-electron chi connectivity index (χ1n) is 7.92. The minimum Gasteiger partial charge on any atom is -0.345 e. The minimum atomic E-state index is -0.388. The van der Waals surface area contributed by atoms with E-state index in [9.17, 15) is 9.18 Å². The van der Waals surface area contributed by atoms with Crippen molar-refractivity contribution in [3.63, 3.8) is 0 Å². The fourth-order valence-corrected chi connectivity index (χ4v) is 2.42. The minimum absolute atomic E-state index is 0.0237. The number of carbonyl (C=O) groups is 1. The molecular formula is C17H19FN6O. The van der Waals surface area contributed by atoms with Gasteiger partial charge in [-0.25, -0.2) is 14.1 Å². The molecule has 0 unspecified atom stereocenters. The number of nitrogens with one attached hydrogen (secondary N) is 1. The van der Waals surface area contributed by atoms with Gasteiger partial charge in [0.1, 0.15) is 11.6 Å². The molecule has 7 nitrogen and oxygen atoms in total. The van der Waals surface area contributed by atoms with Crippen LogP contribution in [-0.2, 0) is 13.6 Å². The van der Waals surface area contributed by atoms with Gasteiger partial charge in [-0.1, -0.05) is 19.9 Å². The molecule has 8 heteroatoms. The molecule has 1 amide bonds. The summed E-state index contributed by atoms with van der Waals surface area (Å²) in [6.07, 6.45) is 3.50. The predicted octanol–water partition coefficient (Wildman–Crippen LogP) is 2.19. The van der Waals surface area contributed by atoms with Crippen molar-refractivity contribution in [1.82, 2.24) is 29.9 Å². The Labute approximate surface area is 144 Å². The van der Waals surface area contributed by atoms with Crippen molar-refractivity contribution >= 4 is 5.91 Å². The Balaban J connectivity index is 1.84. The van der Waals surface area contributed by atoms with Crippen LogP contribution in [0.15, 0.2) is 36.7 Å². The van der Waals surface area contributed by atoms with Crippen LogP contribution in [-0.4, -0.2) is 30.5 Å². The van der Waals surface area contributed by atoms with E-state index in [1.54, 1.807) is 23.0 Å². The van der Waals surface area contributed by atoms with Gasteiger partial charge in [-0.15, -0.1) is 5.10 Å². The van der Waals surface area contributed by atoms with E-state index in [1.807, 2.05) is 27.1 Å². The lowest BCUT2D eigenvalue weighted by atomic mass is 10.2. The number of hydrogen-bond acceptors (Lipinski definition) is 4. The third-order valence-corrected chi connectivity index (χ3v) is 3.62. The summed E-state index contributed by atoms with van der Waals surface area (Å²) in [7, 11) is 1.81. The number of benzene rings is 1. The maximum absolute atomic E-state index is 13.5. The van der Waals surface area contributed by atoms with Gasteiger partial charge in [0, 0.05) is 31.3 Å². The number of hydrogen-bond donors (Lipinski definition) is 1. The third-order valence-electron chi connectivity index (χ3n) is 3.62. The summed E-state index contributed by atoms with van der Waals surface area (Å²) < 4.78 is 16.7. The summed E-state index contributed by atoms with van der Waals surface area (Å²) >= 11 is 0. The molecule has 0 atom stereocenters. The Kier molecular flexibility index (Phi) is 4.60. The molecule has 0 bridgehead atoms. The first-order valence-corrected chi connectivity index (χ1v) is 7.92. The number of rotatable bonds is 5. The summed E-state index contributed by atoms with van der Waals surface area (Å²) in [6.45, 7) is 4.21. The number of carbonyl (C=O) groups excluding carboxylic acids is 1. The smallest absolute Gasteiger partial charge is 0.291 e. The molecular weight excluding hydrogens is 323 g/mol. The van der Waals surface area contributed by atoms with Crippen molar-refractivity contribution in [3.05, 3.63) is 59.7 Å². The molecule has 25 heavy (non-hydrogen) atoms. The van der Waals surface area contributed by atoms with Crippen LogP contribution in [0.4, 0.5) is 4.39 Å². The maximum atomic E-state index is 13.5. The van der Waals surface area contributed by atoms with Gasteiger partial charge in [0.05, 0.1) is 11.9 Å². The number of halogens is 1. The van der Waals surface area contributed by atoms with Gasteiger partial charge in [0.15, 0.2) is 0 Å². The molecule has 3 rings (SSSR count). The molecule has 0 fully saturated rings. The van der Waals surface area contributed by atoms with Crippen molar-refractivity contribution in [3.8, 4) is 5.69 Å². The quantitative estimate of drug-likeness (QED) is 0.771. The highest BCUT2D eigenvalue weighted by atomic mass is 19.1.